The summed E-state index contributed by atoms with van der Waals surface area (Å²) >= 11 is 0. The van der Waals surface area contributed by atoms with Crippen molar-refractivity contribution in [2.24, 2.45) is 23.2 Å². The van der Waals surface area contributed by atoms with Gasteiger partial charge in [0, 0.05) is 49.7 Å². The topological polar surface area (TPSA) is 45.3 Å². The molecule has 0 bridgehead atoms. The summed E-state index contributed by atoms with van der Waals surface area (Å²) in [6.07, 6.45) is 5.00. The van der Waals surface area contributed by atoms with Gasteiger partial charge < -0.3 is 14.4 Å². The molecule has 1 aromatic rings. The number of hydrogen-bond donors (Lipinski definition) is 0. The first kappa shape index (κ1) is 20.0. The third kappa shape index (κ3) is 2.92. The van der Waals surface area contributed by atoms with Crippen LogP contribution in [-0.4, -0.2) is 61.4 Å². The number of aryl methyl sites for hydroxylation is 1. The highest BCUT2D eigenvalue weighted by Crippen LogP contribution is 2.70. The van der Waals surface area contributed by atoms with E-state index in [-0.39, 0.29) is 41.0 Å². The first-order chi connectivity index (χ1) is 14.9. The molecule has 7 atom stereocenters. The number of rotatable bonds is 3. The van der Waals surface area contributed by atoms with Crippen LogP contribution in [0.15, 0.2) is 24.3 Å². The van der Waals surface area contributed by atoms with Gasteiger partial charge in [0.15, 0.2) is 0 Å². The number of nitrogens with zero attached hydrogens (tertiary/aromatic N) is 2. The molecule has 1 spiro atoms. The molecule has 0 aromatic heterocycles. The van der Waals surface area contributed by atoms with Gasteiger partial charge in [-0.1, -0.05) is 32.4 Å². The Morgan fingerprint density at radius 3 is 2.77 bits per heavy atom. The Bertz CT molecular complexity index is 881. The van der Waals surface area contributed by atoms with Crippen LogP contribution in [0.4, 0.5) is 5.69 Å². The highest BCUT2D eigenvalue weighted by Gasteiger charge is 2.78. The van der Waals surface area contributed by atoms with Crippen LogP contribution < -0.4 is 4.90 Å². The van der Waals surface area contributed by atoms with E-state index in [2.05, 4.69) is 54.8 Å². The standard InChI is InChI=1S/C26H36N2O3/c1-17-6-4-8-19(14-17)28-12-10-27(11-13-28)16-20-22-21(30-24(20)29)15-25(3)9-5-7-18(2)26(25)23(22)31-26/h4,6,8,14,18,20-23H,5,7,9-13,15-16H2,1-3H3/t18-,20-,21+,22+,23-,25+,26+/m0/s1. The molecular formula is C26H36N2O3. The van der Waals surface area contributed by atoms with Gasteiger partial charge in [-0.2, -0.15) is 0 Å². The fourth-order valence-corrected chi connectivity index (χ4v) is 7.73. The minimum Gasteiger partial charge on any atom is -0.462 e. The van der Waals surface area contributed by atoms with Crippen molar-refractivity contribution < 1.29 is 14.3 Å². The quantitative estimate of drug-likeness (QED) is 0.548. The Balaban J connectivity index is 1.14. The van der Waals surface area contributed by atoms with Crippen molar-refractivity contribution >= 4 is 11.7 Å². The van der Waals surface area contributed by atoms with E-state index in [1.165, 1.54) is 30.5 Å². The van der Waals surface area contributed by atoms with Crippen LogP contribution in [-0.2, 0) is 14.3 Å². The number of ether oxygens (including phenoxy) is 2. The van der Waals surface area contributed by atoms with Crippen LogP contribution in [0.5, 0.6) is 0 Å². The predicted octanol–water partition coefficient (Wildman–Crippen LogP) is 3.64. The minimum absolute atomic E-state index is 0.00249. The average molecular weight is 425 g/mol. The first-order valence-corrected chi connectivity index (χ1v) is 12.3. The fraction of sp³-hybridized carbons (Fsp3) is 0.731. The minimum atomic E-state index is -0.0291. The summed E-state index contributed by atoms with van der Waals surface area (Å²) in [5, 5.41) is 0. The Morgan fingerprint density at radius 2 is 2.00 bits per heavy atom. The maximum absolute atomic E-state index is 13.0. The van der Waals surface area contributed by atoms with Gasteiger partial charge in [0.25, 0.3) is 0 Å². The largest absolute Gasteiger partial charge is 0.462 e. The highest BCUT2D eigenvalue weighted by atomic mass is 16.6. The van der Waals surface area contributed by atoms with E-state index >= 15 is 0 Å². The van der Waals surface area contributed by atoms with E-state index in [1.54, 1.807) is 0 Å². The van der Waals surface area contributed by atoms with Crippen molar-refractivity contribution in [3.63, 3.8) is 0 Å². The molecule has 0 N–H and O–H groups in total. The van der Waals surface area contributed by atoms with Crippen molar-refractivity contribution in [1.82, 2.24) is 4.90 Å². The van der Waals surface area contributed by atoms with Gasteiger partial charge in [-0.05, 0) is 49.8 Å². The second kappa shape index (κ2) is 6.95. The third-order valence-corrected chi connectivity index (χ3v) is 9.39. The molecule has 31 heavy (non-hydrogen) atoms. The van der Waals surface area contributed by atoms with E-state index in [0.29, 0.717) is 5.92 Å². The summed E-state index contributed by atoms with van der Waals surface area (Å²) in [4.78, 5) is 17.9. The molecule has 0 amide bonds. The fourth-order valence-electron chi connectivity index (χ4n) is 7.73. The lowest BCUT2D eigenvalue weighted by molar-refractivity contribution is -0.146. The zero-order valence-corrected chi connectivity index (χ0v) is 19.2. The number of hydrogen-bond acceptors (Lipinski definition) is 5. The van der Waals surface area contributed by atoms with Crippen molar-refractivity contribution in [1.29, 1.82) is 0 Å². The Hall–Kier alpha value is -1.59. The predicted molar refractivity (Wildman–Crippen MR) is 120 cm³/mol. The zero-order valence-electron chi connectivity index (χ0n) is 19.2. The molecule has 5 nitrogen and oxygen atoms in total. The Labute approximate surface area is 186 Å². The lowest BCUT2D eigenvalue weighted by Gasteiger charge is -2.49. The maximum Gasteiger partial charge on any atom is 0.311 e. The van der Waals surface area contributed by atoms with Gasteiger partial charge in [0.05, 0.1) is 12.0 Å². The summed E-state index contributed by atoms with van der Waals surface area (Å²) in [5.74, 6) is 0.831. The molecule has 5 aliphatic rings. The zero-order chi connectivity index (χ0) is 21.4. The maximum atomic E-state index is 13.0. The molecule has 2 saturated carbocycles. The van der Waals surface area contributed by atoms with Crippen LogP contribution in [0, 0.1) is 30.1 Å². The number of epoxide rings is 1. The monoisotopic (exact) mass is 424 g/mol. The third-order valence-electron chi connectivity index (χ3n) is 9.39. The molecule has 2 aliphatic carbocycles. The van der Waals surface area contributed by atoms with Gasteiger partial charge in [-0.15, -0.1) is 0 Å². The number of carbonyl (C=O) groups excluding carboxylic acids is 1. The lowest BCUT2D eigenvalue weighted by Crippen LogP contribution is -2.55. The van der Waals surface area contributed by atoms with Gasteiger partial charge in [0.2, 0.25) is 0 Å². The van der Waals surface area contributed by atoms with Crippen LogP contribution >= 0.6 is 0 Å². The summed E-state index contributed by atoms with van der Waals surface area (Å²) < 4.78 is 12.6. The molecule has 0 radical (unpaired) electrons. The molecule has 3 heterocycles. The van der Waals surface area contributed by atoms with E-state index in [4.69, 9.17) is 9.47 Å². The van der Waals surface area contributed by atoms with Crippen LogP contribution in [0.25, 0.3) is 0 Å². The van der Waals surface area contributed by atoms with Crippen molar-refractivity contribution in [3.05, 3.63) is 29.8 Å². The summed E-state index contributed by atoms with van der Waals surface area (Å²) in [6.45, 7) is 11.8. The molecule has 3 aliphatic heterocycles. The molecular weight excluding hydrogens is 388 g/mol. The van der Waals surface area contributed by atoms with Crippen LogP contribution in [0.1, 0.15) is 45.1 Å². The number of benzene rings is 1. The number of esters is 1. The molecule has 5 fully saturated rings. The molecule has 168 valence electrons. The highest BCUT2D eigenvalue weighted by molar-refractivity contribution is 5.76. The number of fused-ring (bicyclic) bond motifs is 2. The van der Waals surface area contributed by atoms with E-state index in [9.17, 15) is 4.79 Å². The normalized spacial score (nSPS) is 44.3. The summed E-state index contributed by atoms with van der Waals surface area (Å²) in [5.41, 5.74) is 2.79. The Kier molecular flexibility index (Phi) is 4.50. The van der Waals surface area contributed by atoms with E-state index in [0.717, 1.165) is 39.1 Å². The molecule has 5 heteroatoms. The van der Waals surface area contributed by atoms with Crippen molar-refractivity contribution in [2.75, 3.05) is 37.6 Å². The van der Waals surface area contributed by atoms with Crippen molar-refractivity contribution in [2.45, 2.75) is 64.3 Å². The SMILES string of the molecule is Cc1cccc(N2CCN(C[C@@H]3C(=O)O[C@@H]4C[C@@]5(C)CCC[C@H](C)[C@]56O[C@H]6[C@H]34)CC2)c1. The van der Waals surface area contributed by atoms with Crippen molar-refractivity contribution in [3.8, 4) is 0 Å². The van der Waals surface area contributed by atoms with E-state index in [1.807, 2.05) is 0 Å². The molecule has 0 unspecified atom stereocenters. The van der Waals surface area contributed by atoms with Gasteiger partial charge in [-0.25, -0.2) is 0 Å². The molecule has 1 aromatic carbocycles. The van der Waals surface area contributed by atoms with Crippen LogP contribution in [0.3, 0.4) is 0 Å². The second-order valence-corrected chi connectivity index (χ2v) is 11.2. The first-order valence-electron chi connectivity index (χ1n) is 12.3. The summed E-state index contributed by atoms with van der Waals surface area (Å²) in [6, 6.07) is 8.76. The van der Waals surface area contributed by atoms with Gasteiger partial charge in [0.1, 0.15) is 11.7 Å². The van der Waals surface area contributed by atoms with Crippen LogP contribution in [0.2, 0.25) is 0 Å². The number of carbonyl (C=O) groups is 1. The van der Waals surface area contributed by atoms with Gasteiger partial charge >= 0.3 is 5.97 Å². The van der Waals surface area contributed by atoms with Gasteiger partial charge in [-0.3, -0.25) is 9.69 Å². The number of anilines is 1. The van der Waals surface area contributed by atoms with E-state index < -0.39 is 0 Å². The molecule has 3 saturated heterocycles. The molecule has 6 rings (SSSR count). The number of piperazine rings is 1. The smallest absolute Gasteiger partial charge is 0.311 e. The summed E-state index contributed by atoms with van der Waals surface area (Å²) in [7, 11) is 0. The average Bonchev–Trinajstić information content (AvgIpc) is 3.43. The Morgan fingerprint density at radius 1 is 1.19 bits per heavy atom. The lowest BCUT2D eigenvalue weighted by atomic mass is 9.53. The second-order valence-electron chi connectivity index (χ2n) is 11.2.